The van der Waals surface area contributed by atoms with Crippen LogP contribution in [0.3, 0.4) is 0 Å². The zero-order valence-corrected chi connectivity index (χ0v) is 19.4. The normalized spacial score (nSPS) is 20.8. The number of rotatable bonds is 12. The molecule has 0 bridgehead atoms. The lowest BCUT2D eigenvalue weighted by Crippen LogP contribution is -2.26. The molecule has 28 heavy (non-hydrogen) atoms. The zero-order valence-electron chi connectivity index (χ0n) is 19.4. The second-order valence-corrected chi connectivity index (χ2v) is 8.81. The highest BCUT2D eigenvalue weighted by atomic mass is 16.5. The molecule has 0 aromatic rings. The van der Waals surface area contributed by atoms with Crippen LogP contribution in [0.4, 0.5) is 0 Å². The van der Waals surface area contributed by atoms with Gasteiger partial charge in [0.05, 0.1) is 25.4 Å². The molecule has 0 amide bonds. The summed E-state index contributed by atoms with van der Waals surface area (Å²) in [7, 11) is 0. The maximum absolute atomic E-state index is 6.07. The molecule has 0 radical (unpaired) electrons. The summed E-state index contributed by atoms with van der Waals surface area (Å²) in [5.41, 5.74) is 5.66. The Kier molecular flexibility index (Phi) is 13.2. The second kappa shape index (κ2) is 14.8. The third-order valence-corrected chi connectivity index (χ3v) is 5.33. The van der Waals surface area contributed by atoms with Crippen molar-refractivity contribution in [1.29, 1.82) is 0 Å². The van der Waals surface area contributed by atoms with Crippen molar-refractivity contribution in [2.75, 3.05) is 13.2 Å². The van der Waals surface area contributed by atoms with Gasteiger partial charge in [-0.05, 0) is 92.9 Å². The van der Waals surface area contributed by atoms with Crippen LogP contribution in [0.2, 0.25) is 0 Å². The SMILES string of the molecule is CC(C)=CCCC(C)=CCOC1CCC(OCC=C(C)CCC=C(C)C)CC1. The average molecular weight is 389 g/mol. The first-order valence-corrected chi connectivity index (χ1v) is 11.2. The summed E-state index contributed by atoms with van der Waals surface area (Å²) < 4.78 is 12.1. The van der Waals surface area contributed by atoms with E-state index in [-0.39, 0.29) is 0 Å². The fourth-order valence-electron chi connectivity index (χ4n) is 3.40. The molecular formula is C26H44O2. The molecule has 160 valence electrons. The monoisotopic (exact) mass is 388 g/mol. The fourth-order valence-corrected chi connectivity index (χ4v) is 3.40. The number of hydrogen-bond acceptors (Lipinski definition) is 2. The summed E-state index contributed by atoms with van der Waals surface area (Å²) in [5, 5.41) is 0. The molecule has 0 saturated heterocycles. The molecule has 0 atom stereocenters. The Morgan fingerprint density at radius 2 is 0.964 bits per heavy atom. The minimum absolute atomic E-state index is 0.406. The van der Waals surface area contributed by atoms with Crippen molar-refractivity contribution in [3.63, 3.8) is 0 Å². The molecule has 0 unspecified atom stereocenters. The van der Waals surface area contributed by atoms with E-state index in [1.807, 2.05) is 0 Å². The van der Waals surface area contributed by atoms with Crippen molar-refractivity contribution in [3.8, 4) is 0 Å². The molecule has 1 saturated carbocycles. The molecule has 0 aromatic carbocycles. The summed E-state index contributed by atoms with van der Waals surface area (Å²) in [6.07, 6.45) is 19.0. The largest absolute Gasteiger partial charge is 0.374 e. The first kappa shape index (κ1) is 24.9. The van der Waals surface area contributed by atoms with Gasteiger partial charge in [0.1, 0.15) is 0 Å². The Balaban J connectivity index is 2.14. The van der Waals surface area contributed by atoms with Gasteiger partial charge in [-0.15, -0.1) is 0 Å². The van der Waals surface area contributed by atoms with Crippen molar-refractivity contribution in [2.24, 2.45) is 0 Å². The fraction of sp³-hybridized carbons (Fsp3) is 0.692. The van der Waals surface area contributed by atoms with E-state index in [1.54, 1.807) is 0 Å². The Morgan fingerprint density at radius 1 is 0.607 bits per heavy atom. The molecule has 1 rings (SSSR count). The Labute approximate surface area is 174 Å². The van der Waals surface area contributed by atoms with E-state index in [4.69, 9.17) is 9.47 Å². The van der Waals surface area contributed by atoms with Gasteiger partial charge >= 0.3 is 0 Å². The standard InChI is InChI=1S/C26H44O2/c1-21(2)9-7-11-23(5)17-19-27-25-13-15-26(16-14-25)28-20-18-24(6)12-8-10-22(3)4/h9-10,17-18,25-26H,7-8,11-16,19-20H2,1-6H3. The molecule has 1 fully saturated rings. The first-order valence-electron chi connectivity index (χ1n) is 11.2. The van der Waals surface area contributed by atoms with E-state index < -0.39 is 0 Å². The quantitative estimate of drug-likeness (QED) is 0.319. The van der Waals surface area contributed by atoms with Crippen molar-refractivity contribution in [3.05, 3.63) is 46.6 Å². The van der Waals surface area contributed by atoms with E-state index >= 15 is 0 Å². The predicted octanol–water partition coefficient (Wildman–Crippen LogP) is 7.72. The highest BCUT2D eigenvalue weighted by Gasteiger charge is 2.21. The van der Waals surface area contributed by atoms with Crippen molar-refractivity contribution >= 4 is 0 Å². The van der Waals surface area contributed by atoms with Crippen LogP contribution in [0.5, 0.6) is 0 Å². The zero-order chi connectivity index (χ0) is 20.8. The highest BCUT2D eigenvalue weighted by molar-refractivity contribution is 5.03. The molecule has 0 heterocycles. The number of allylic oxidation sites excluding steroid dienone is 6. The summed E-state index contributed by atoms with van der Waals surface area (Å²) in [5.74, 6) is 0. The molecule has 2 heteroatoms. The Hall–Kier alpha value is -1.12. The lowest BCUT2D eigenvalue weighted by molar-refractivity contribution is -0.0165. The molecule has 2 nitrogen and oxygen atoms in total. The molecule has 1 aliphatic rings. The van der Waals surface area contributed by atoms with Crippen LogP contribution in [0, 0.1) is 0 Å². The van der Waals surface area contributed by atoms with Crippen LogP contribution in [0.1, 0.15) is 92.9 Å². The van der Waals surface area contributed by atoms with Gasteiger partial charge in [0.25, 0.3) is 0 Å². The van der Waals surface area contributed by atoms with Crippen LogP contribution in [0.15, 0.2) is 46.6 Å². The predicted molar refractivity (Wildman–Crippen MR) is 123 cm³/mol. The molecule has 1 aliphatic carbocycles. The maximum Gasteiger partial charge on any atom is 0.0653 e. The van der Waals surface area contributed by atoms with Crippen LogP contribution in [-0.4, -0.2) is 25.4 Å². The van der Waals surface area contributed by atoms with E-state index in [0.717, 1.165) is 64.6 Å². The maximum atomic E-state index is 6.07. The van der Waals surface area contributed by atoms with Crippen LogP contribution in [0.25, 0.3) is 0 Å². The van der Waals surface area contributed by atoms with Crippen molar-refractivity contribution < 1.29 is 9.47 Å². The topological polar surface area (TPSA) is 18.5 Å². The highest BCUT2D eigenvalue weighted by Crippen LogP contribution is 2.24. The van der Waals surface area contributed by atoms with Gasteiger partial charge in [-0.2, -0.15) is 0 Å². The van der Waals surface area contributed by atoms with Crippen molar-refractivity contribution in [2.45, 2.75) is 105 Å². The van der Waals surface area contributed by atoms with Gasteiger partial charge in [-0.3, -0.25) is 0 Å². The minimum atomic E-state index is 0.406. The van der Waals surface area contributed by atoms with Gasteiger partial charge < -0.3 is 9.47 Å². The minimum Gasteiger partial charge on any atom is -0.374 e. The number of ether oxygens (including phenoxy) is 2. The molecule has 0 aromatic heterocycles. The third kappa shape index (κ3) is 13.1. The van der Waals surface area contributed by atoms with Crippen LogP contribution >= 0.6 is 0 Å². The van der Waals surface area contributed by atoms with Crippen molar-refractivity contribution in [1.82, 2.24) is 0 Å². The van der Waals surface area contributed by atoms with E-state index in [9.17, 15) is 0 Å². The summed E-state index contributed by atoms with van der Waals surface area (Å²) >= 11 is 0. The summed E-state index contributed by atoms with van der Waals surface area (Å²) in [6, 6.07) is 0. The van der Waals surface area contributed by atoms with E-state index in [0.29, 0.717) is 12.2 Å². The third-order valence-electron chi connectivity index (χ3n) is 5.33. The molecule has 0 spiro atoms. The second-order valence-electron chi connectivity index (χ2n) is 8.81. The van der Waals surface area contributed by atoms with Gasteiger partial charge in [0.2, 0.25) is 0 Å². The smallest absolute Gasteiger partial charge is 0.0653 e. The van der Waals surface area contributed by atoms with Gasteiger partial charge in [-0.25, -0.2) is 0 Å². The van der Waals surface area contributed by atoms with Gasteiger partial charge in [0.15, 0.2) is 0 Å². The number of hydrogen-bond donors (Lipinski definition) is 0. The van der Waals surface area contributed by atoms with Gasteiger partial charge in [-0.1, -0.05) is 46.6 Å². The van der Waals surface area contributed by atoms with E-state index in [2.05, 4.69) is 65.8 Å². The first-order chi connectivity index (χ1) is 13.4. The Morgan fingerprint density at radius 3 is 1.29 bits per heavy atom. The van der Waals surface area contributed by atoms with Crippen LogP contribution < -0.4 is 0 Å². The van der Waals surface area contributed by atoms with Gasteiger partial charge in [0, 0.05) is 0 Å². The summed E-state index contributed by atoms with van der Waals surface area (Å²) in [4.78, 5) is 0. The Bertz CT molecular complexity index is 485. The molecule has 0 aliphatic heterocycles. The van der Waals surface area contributed by atoms with Crippen LogP contribution in [-0.2, 0) is 9.47 Å². The summed E-state index contributed by atoms with van der Waals surface area (Å²) in [6.45, 7) is 14.6. The molecular weight excluding hydrogens is 344 g/mol. The average Bonchev–Trinajstić information content (AvgIpc) is 2.62. The van der Waals surface area contributed by atoms with E-state index in [1.165, 1.54) is 22.3 Å². The lowest BCUT2D eigenvalue weighted by atomic mass is 9.95. The lowest BCUT2D eigenvalue weighted by Gasteiger charge is -2.28. The molecule has 0 N–H and O–H groups in total.